The molecule has 2 amide bonds. The molecule has 0 spiro atoms. The van der Waals surface area contributed by atoms with Crippen LogP contribution in [0.25, 0.3) is 27.0 Å². The first-order valence-electron chi connectivity index (χ1n) is 12.3. The van der Waals surface area contributed by atoms with E-state index in [1.165, 1.54) is 10.8 Å². The van der Waals surface area contributed by atoms with Gasteiger partial charge in [-0.05, 0) is 59.5 Å². The summed E-state index contributed by atoms with van der Waals surface area (Å²) in [6.07, 6.45) is 6.45. The monoisotopic (exact) mass is 538 g/mol. The Balaban J connectivity index is 1.21. The number of carbonyl (C=O) groups excluding carboxylic acids is 1. The quantitative estimate of drug-likeness (QED) is 0.201. The number of benzene rings is 3. The highest BCUT2D eigenvalue weighted by Crippen LogP contribution is 2.27. The third-order valence-electron chi connectivity index (χ3n) is 6.52. The average molecular weight is 539 g/mol. The number of thioether (sulfide) groups is 1. The minimum absolute atomic E-state index is 0.160. The van der Waals surface area contributed by atoms with Gasteiger partial charge in [0.15, 0.2) is 4.96 Å². The number of hydrogen-bond donors (Lipinski definition) is 1. The van der Waals surface area contributed by atoms with Crippen LogP contribution in [-0.4, -0.2) is 33.1 Å². The van der Waals surface area contributed by atoms with Crippen molar-refractivity contribution >= 4 is 50.6 Å². The molecule has 38 heavy (non-hydrogen) atoms. The zero-order valence-corrected chi connectivity index (χ0v) is 22.5. The number of thiazole rings is 1. The molecule has 3 aromatic carbocycles. The maximum atomic E-state index is 13.3. The van der Waals surface area contributed by atoms with Gasteiger partial charge in [-0.25, -0.2) is 9.78 Å². The smallest absolute Gasteiger partial charge is 0.322 e. The third kappa shape index (κ3) is 5.18. The van der Waals surface area contributed by atoms with Crippen LogP contribution in [0, 0.1) is 0 Å². The first-order chi connectivity index (χ1) is 18.7. The molecule has 0 radical (unpaired) electrons. The molecule has 6 nitrogen and oxygen atoms in total. The van der Waals surface area contributed by atoms with Crippen LogP contribution in [-0.2, 0) is 13.0 Å². The van der Waals surface area contributed by atoms with E-state index in [9.17, 15) is 4.79 Å². The van der Waals surface area contributed by atoms with Gasteiger partial charge in [-0.3, -0.25) is 4.40 Å². The largest absolute Gasteiger partial charge is 0.467 e. The van der Waals surface area contributed by atoms with Crippen molar-refractivity contribution in [3.63, 3.8) is 0 Å². The SMILES string of the molecule is CSc1ccc(NC(=O)N(CCc2csc3nc(-c4ccc5ccccc5c4)cn23)Cc2ccco2)cc1. The Morgan fingerprint density at radius 3 is 2.68 bits per heavy atom. The van der Waals surface area contributed by atoms with Crippen LogP contribution in [0.5, 0.6) is 0 Å². The van der Waals surface area contributed by atoms with E-state index in [-0.39, 0.29) is 6.03 Å². The van der Waals surface area contributed by atoms with Gasteiger partial charge in [0.25, 0.3) is 0 Å². The van der Waals surface area contributed by atoms with E-state index in [2.05, 4.69) is 63.8 Å². The molecular weight excluding hydrogens is 512 g/mol. The predicted octanol–water partition coefficient (Wildman–Crippen LogP) is 7.81. The van der Waals surface area contributed by atoms with Gasteiger partial charge in [0.1, 0.15) is 5.76 Å². The highest BCUT2D eigenvalue weighted by atomic mass is 32.2. The van der Waals surface area contributed by atoms with Crippen molar-refractivity contribution in [2.75, 3.05) is 18.1 Å². The molecule has 0 bridgehead atoms. The Hall–Kier alpha value is -4.01. The van der Waals surface area contributed by atoms with E-state index >= 15 is 0 Å². The van der Waals surface area contributed by atoms with Crippen molar-refractivity contribution in [1.29, 1.82) is 0 Å². The number of nitrogens with one attached hydrogen (secondary N) is 1. The molecule has 190 valence electrons. The lowest BCUT2D eigenvalue weighted by Gasteiger charge is -2.22. The minimum atomic E-state index is -0.160. The van der Waals surface area contributed by atoms with Crippen LogP contribution in [0.1, 0.15) is 11.5 Å². The number of imidazole rings is 1. The van der Waals surface area contributed by atoms with E-state index in [0.717, 1.165) is 38.3 Å². The molecule has 0 unspecified atom stereocenters. The van der Waals surface area contributed by atoms with Crippen LogP contribution < -0.4 is 5.32 Å². The fraction of sp³-hybridized carbons (Fsp3) is 0.133. The number of fused-ring (bicyclic) bond motifs is 2. The molecule has 1 N–H and O–H groups in total. The lowest BCUT2D eigenvalue weighted by atomic mass is 10.1. The molecule has 6 rings (SSSR count). The Bertz CT molecular complexity index is 1690. The first-order valence-corrected chi connectivity index (χ1v) is 14.4. The van der Waals surface area contributed by atoms with Gasteiger partial charge in [-0.15, -0.1) is 23.1 Å². The van der Waals surface area contributed by atoms with E-state index in [4.69, 9.17) is 9.40 Å². The van der Waals surface area contributed by atoms with Crippen molar-refractivity contribution in [3.05, 3.63) is 108 Å². The molecule has 0 aliphatic rings. The molecule has 0 atom stereocenters. The van der Waals surface area contributed by atoms with Gasteiger partial charge in [0, 0.05) is 46.4 Å². The number of amides is 2. The summed E-state index contributed by atoms with van der Waals surface area (Å²) in [6.45, 7) is 0.923. The van der Waals surface area contributed by atoms with Crippen LogP contribution in [0.2, 0.25) is 0 Å². The van der Waals surface area contributed by atoms with Gasteiger partial charge >= 0.3 is 6.03 Å². The number of furan rings is 1. The fourth-order valence-corrected chi connectivity index (χ4v) is 5.78. The Morgan fingerprint density at radius 2 is 1.89 bits per heavy atom. The van der Waals surface area contributed by atoms with Gasteiger partial charge in [-0.2, -0.15) is 0 Å². The molecule has 0 saturated carbocycles. The lowest BCUT2D eigenvalue weighted by Crippen LogP contribution is -2.36. The van der Waals surface area contributed by atoms with Crippen molar-refractivity contribution < 1.29 is 9.21 Å². The normalized spacial score (nSPS) is 11.3. The third-order valence-corrected chi connectivity index (χ3v) is 8.15. The summed E-state index contributed by atoms with van der Waals surface area (Å²) in [5, 5.41) is 7.57. The number of rotatable bonds is 8. The second kappa shape index (κ2) is 10.8. The van der Waals surface area contributed by atoms with Crippen molar-refractivity contribution in [3.8, 4) is 11.3 Å². The van der Waals surface area contributed by atoms with Gasteiger partial charge in [0.2, 0.25) is 0 Å². The highest BCUT2D eigenvalue weighted by Gasteiger charge is 2.18. The maximum Gasteiger partial charge on any atom is 0.322 e. The number of hydrogen-bond acceptors (Lipinski definition) is 5. The van der Waals surface area contributed by atoms with Crippen LogP contribution in [0.4, 0.5) is 10.5 Å². The summed E-state index contributed by atoms with van der Waals surface area (Å²) in [5.74, 6) is 0.745. The average Bonchev–Trinajstić information content (AvgIpc) is 3.70. The summed E-state index contributed by atoms with van der Waals surface area (Å²) in [7, 11) is 0. The summed E-state index contributed by atoms with van der Waals surface area (Å²) in [6, 6.07) is 26.2. The fourth-order valence-electron chi connectivity index (χ4n) is 4.47. The van der Waals surface area contributed by atoms with Gasteiger partial charge in [-0.1, -0.05) is 36.4 Å². The topological polar surface area (TPSA) is 62.8 Å². The Kier molecular flexibility index (Phi) is 6.90. The predicted molar refractivity (Wildman–Crippen MR) is 156 cm³/mol. The second-order valence-electron chi connectivity index (χ2n) is 8.98. The van der Waals surface area contributed by atoms with E-state index in [0.29, 0.717) is 19.5 Å². The van der Waals surface area contributed by atoms with Gasteiger partial charge < -0.3 is 14.6 Å². The van der Waals surface area contributed by atoms with E-state index in [1.807, 2.05) is 42.7 Å². The highest BCUT2D eigenvalue weighted by molar-refractivity contribution is 7.98. The zero-order valence-electron chi connectivity index (χ0n) is 20.8. The molecule has 3 aromatic heterocycles. The molecule has 0 saturated heterocycles. The Labute approximate surface area is 228 Å². The van der Waals surface area contributed by atoms with Gasteiger partial charge in [0.05, 0.1) is 18.5 Å². The lowest BCUT2D eigenvalue weighted by molar-refractivity contribution is 0.204. The van der Waals surface area contributed by atoms with Crippen molar-refractivity contribution in [1.82, 2.24) is 14.3 Å². The van der Waals surface area contributed by atoms with E-state index in [1.54, 1.807) is 34.3 Å². The summed E-state index contributed by atoms with van der Waals surface area (Å²) in [5.41, 5.74) is 3.93. The molecule has 0 fully saturated rings. The molecule has 0 aliphatic heterocycles. The first kappa shape index (κ1) is 24.3. The number of aromatic nitrogens is 2. The van der Waals surface area contributed by atoms with E-state index < -0.39 is 0 Å². The van der Waals surface area contributed by atoms with Crippen LogP contribution in [0.15, 0.2) is 106 Å². The van der Waals surface area contributed by atoms with Crippen molar-refractivity contribution in [2.45, 2.75) is 17.9 Å². The molecule has 0 aliphatic carbocycles. The molecule has 3 heterocycles. The number of carbonyl (C=O) groups is 1. The number of nitrogens with zero attached hydrogens (tertiary/aromatic N) is 3. The minimum Gasteiger partial charge on any atom is -0.467 e. The van der Waals surface area contributed by atoms with Crippen LogP contribution >= 0.6 is 23.1 Å². The molecule has 8 heteroatoms. The molecule has 6 aromatic rings. The summed E-state index contributed by atoms with van der Waals surface area (Å²) >= 11 is 3.29. The molecular formula is C30H26N4O2S2. The van der Waals surface area contributed by atoms with Crippen LogP contribution in [0.3, 0.4) is 0 Å². The second-order valence-corrected chi connectivity index (χ2v) is 10.7. The van der Waals surface area contributed by atoms with Crippen molar-refractivity contribution in [2.24, 2.45) is 0 Å². The Morgan fingerprint density at radius 1 is 1.05 bits per heavy atom. The number of urea groups is 1. The summed E-state index contributed by atoms with van der Waals surface area (Å²) < 4.78 is 7.69. The zero-order chi connectivity index (χ0) is 25.9. The number of anilines is 1. The summed E-state index contributed by atoms with van der Waals surface area (Å²) in [4.78, 5) is 22.0. The maximum absolute atomic E-state index is 13.3. The standard InChI is InChI=1S/C30H26N4O2S2/c1-37-27-12-10-24(11-13-27)31-29(35)33(18-26-7-4-16-36-26)15-14-25-20-38-30-32-28(19-34(25)30)23-9-8-21-5-2-3-6-22(21)17-23/h2-13,16-17,19-20H,14-15,18H2,1H3,(H,31,35).